The molecule has 0 unspecified atom stereocenters. The highest BCUT2D eigenvalue weighted by molar-refractivity contribution is 7.69. The van der Waals surface area contributed by atoms with Gasteiger partial charge in [-0.05, 0) is 6.92 Å². The third kappa shape index (κ3) is 4.74. The summed E-state index contributed by atoms with van der Waals surface area (Å²) in [5.41, 5.74) is 0. The van der Waals surface area contributed by atoms with Gasteiger partial charge < -0.3 is 4.74 Å². The second kappa shape index (κ2) is 5.09. The Balaban J connectivity index is 3.75. The maximum atomic E-state index is 10.6. The molecule has 0 aliphatic rings. The quantitative estimate of drug-likeness (QED) is 0.446. The Morgan fingerprint density at radius 2 is 2.09 bits per heavy atom. The number of rotatable bonds is 4. The molecule has 0 aliphatic carbocycles. The Kier molecular flexibility index (Phi) is 4.80. The normalized spacial score (nSPS) is 10.5. The van der Waals surface area contributed by atoms with E-state index in [9.17, 15) is 13.2 Å². The zero-order valence-electron chi connectivity index (χ0n) is 6.44. The van der Waals surface area contributed by atoms with Crippen LogP contribution in [0.3, 0.4) is 0 Å². The van der Waals surface area contributed by atoms with Crippen LogP contribution in [0.2, 0.25) is 0 Å². The summed E-state index contributed by atoms with van der Waals surface area (Å²) in [7, 11) is -1.36. The van der Waals surface area contributed by atoms with E-state index in [0.717, 1.165) is 4.31 Å². The SMILES string of the molecule is CCOC(=O)CN(C)[SH](=O)=O. The van der Waals surface area contributed by atoms with Gasteiger partial charge in [-0.15, -0.1) is 0 Å². The Labute approximate surface area is 67.0 Å². The smallest absolute Gasteiger partial charge is 0.321 e. The number of hydrogen-bond donors (Lipinski definition) is 1. The molecule has 66 valence electrons. The van der Waals surface area contributed by atoms with E-state index in [1.165, 1.54) is 7.05 Å². The van der Waals surface area contributed by atoms with E-state index in [1.54, 1.807) is 6.92 Å². The van der Waals surface area contributed by atoms with Gasteiger partial charge in [-0.1, -0.05) is 0 Å². The largest absolute Gasteiger partial charge is 0.465 e. The first-order valence-electron chi connectivity index (χ1n) is 3.09. The zero-order chi connectivity index (χ0) is 8.85. The molecule has 0 N–H and O–H groups in total. The third-order valence-electron chi connectivity index (χ3n) is 0.942. The first-order chi connectivity index (χ1) is 5.07. The minimum atomic E-state index is -2.67. The van der Waals surface area contributed by atoms with E-state index < -0.39 is 16.9 Å². The van der Waals surface area contributed by atoms with Gasteiger partial charge in [0.15, 0.2) is 0 Å². The number of likely N-dealkylation sites (N-methyl/N-ethyl adjacent to an activating group) is 1. The highest BCUT2D eigenvalue weighted by Crippen LogP contribution is 1.84. The molecule has 0 atom stereocenters. The van der Waals surface area contributed by atoms with E-state index in [1.807, 2.05) is 0 Å². The van der Waals surface area contributed by atoms with Gasteiger partial charge in [0.2, 0.25) is 10.9 Å². The van der Waals surface area contributed by atoms with Crippen LogP contribution >= 0.6 is 0 Å². The van der Waals surface area contributed by atoms with Crippen LogP contribution in [0.1, 0.15) is 6.92 Å². The van der Waals surface area contributed by atoms with E-state index >= 15 is 0 Å². The summed E-state index contributed by atoms with van der Waals surface area (Å²) >= 11 is 0. The van der Waals surface area contributed by atoms with Crippen molar-refractivity contribution in [1.29, 1.82) is 0 Å². The molecule has 0 spiro atoms. The van der Waals surface area contributed by atoms with Crippen molar-refractivity contribution in [3.8, 4) is 0 Å². The Morgan fingerprint density at radius 3 is 2.45 bits per heavy atom. The molecule has 0 aromatic carbocycles. The molecule has 0 aromatic heterocycles. The van der Waals surface area contributed by atoms with Gasteiger partial charge in [0.1, 0.15) is 6.54 Å². The molecule has 0 heterocycles. The molecule has 5 nitrogen and oxygen atoms in total. The number of ether oxygens (including phenoxy) is 1. The van der Waals surface area contributed by atoms with Gasteiger partial charge in [-0.25, -0.2) is 8.42 Å². The number of hydrogen-bond acceptors (Lipinski definition) is 4. The molecule has 11 heavy (non-hydrogen) atoms. The van der Waals surface area contributed by atoms with Crippen LogP contribution in [0.4, 0.5) is 0 Å². The molecule has 6 heteroatoms. The number of nitrogens with zero attached hydrogens (tertiary/aromatic N) is 1. The van der Waals surface area contributed by atoms with Crippen LogP contribution in [-0.2, 0) is 20.4 Å². The van der Waals surface area contributed by atoms with Gasteiger partial charge in [-0.2, -0.15) is 4.31 Å². The fourth-order valence-corrected chi connectivity index (χ4v) is 0.682. The summed E-state index contributed by atoms with van der Waals surface area (Å²) < 4.78 is 25.8. The minimum absolute atomic E-state index is 0.216. The van der Waals surface area contributed by atoms with E-state index in [4.69, 9.17) is 0 Å². The summed E-state index contributed by atoms with van der Waals surface area (Å²) in [4.78, 5) is 10.6. The van der Waals surface area contributed by atoms with Crippen LogP contribution < -0.4 is 0 Å². The summed E-state index contributed by atoms with van der Waals surface area (Å²) in [5.74, 6) is -0.533. The van der Waals surface area contributed by atoms with E-state index in [-0.39, 0.29) is 13.2 Å². The fraction of sp³-hybridized carbons (Fsp3) is 0.800. The van der Waals surface area contributed by atoms with E-state index in [0.29, 0.717) is 0 Å². The standard InChI is InChI=1S/C5H11NO4S/c1-3-10-5(7)4-6(2)11(8)9/h11H,3-4H2,1-2H3. The molecule has 0 aromatic rings. The van der Waals surface area contributed by atoms with Gasteiger partial charge in [-0.3, -0.25) is 4.79 Å². The third-order valence-corrected chi connectivity index (χ3v) is 1.64. The van der Waals surface area contributed by atoms with Gasteiger partial charge in [0.05, 0.1) is 6.61 Å². The lowest BCUT2D eigenvalue weighted by Gasteiger charge is -2.06. The van der Waals surface area contributed by atoms with Crippen molar-refractivity contribution >= 4 is 16.9 Å². The lowest BCUT2D eigenvalue weighted by atomic mass is 10.6. The molecular formula is C5H11NO4S. The molecule has 0 fully saturated rings. The summed E-state index contributed by atoms with van der Waals surface area (Å²) in [6.45, 7) is 1.71. The molecule has 0 amide bonds. The average Bonchev–Trinajstić information content (AvgIpc) is 1.87. The maximum Gasteiger partial charge on any atom is 0.321 e. The fourth-order valence-electron chi connectivity index (χ4n) is 0.451. The molecule has 0 bridgehead atoms. The lowest BCUT2D eigenvalue weighted by molar-refractivity contribution is -0.143. The van der Waals surface area contributed by atoms with Crippen molar-refractivity contribution in [3.05, 3.63) is 0 Å². The Bertz CT molecular complexity index is 193. The summed E-state index contributed by atoms with van der Waals surface area (Å²) in [6.07, 6.45) is 0. The predicted octanol–water partition coefficient (Wildman–Crippen LogP) is -0.992. The Morgan fingerprint density at radius 1 is 1.55 bits per heavy atom. The average molecular weight is 181 g/mol. The molecule has 0 radical (unpaired) electrons. The van der Waals surface area contributed by atoms with Crippen LogP contribution in [0.15, 0.2) is 0 Å². The number of esters is 1. The topological polar surface area (TPSA) is 63.7 Å². The van der Waals surface area contributed by atoms with Crippen LogP contribution in [0, 0.1) is 0 Å². The molecule has 0 saturated carbocycles. The van der Waals surface area contributed by atoms with Gasteiger partial charge >= 0.3 is 5.97 Å². The van der Waals surface area contributed by atoms with Crippen molar-refractivity contribution in [2.75, 3.05) is 20.2 Å². The van der Waals surface area contributed by atoms with Crippen molar-refractivity contribution in [2.24, 2.45) is 0 Å². The van der Waals surface area contributed by atoms with Gasteiger partial charge in [0, 0.05) is 7.05 Å². The van der Waals surface area contributed by atoms with Crippen LogP contribution in [-0.4, -0.2) is 38.9 Å². The molecule has 0 saturated heterocycles. The van der Waals surface area contributed by atoms with E-state index in [2.05, 4.69) is 4.74 Å². The number of carbonyl (C=O) groups is 1. The molecular weight excluding hydrogens is 170 g/mol. The maximum absolute atomic E-state index is 10.6. The van der Waals surface area contributed by atoms with Crippen LogP contribution in [0.25, 0.3) is 0 Å². The first-order valence-corrected chi connectivity index (χ1v) is 4.22. The lowest BCUT2D eigenvalue weighted by Crippen LogP contribution is -2.25. The van der Waals surface area contributed by atoms with Crippen molar-refractivity contribution in [1.82, 2.24) is 4.31 Å². The Hall–Kier alpha value is -0.620. The zero-order valence-corrected chi connectivity index (χ0v) is 7.34. The summed E-state index contributed by atoms with van der Waals surface area (Å²) in [6, 6.07) is 0. The van der Waals surface area contributed by atoms with Crippen molar-refractivity contribution in [3.63, 3.8) is 0 Å². The number of thiol groups is 1. The highest BCUT2D eigenvalue weighted by atomic mass is 32.2. The number of carbonyl (C=O) groups excluding carboxylic acids is 1. The van der Waals surface area contributed by atoms with Crippen molar-refractivity contribution < 1.29 is 17.9 Å². The second-order valence-corrected chi connectivity index (χ2v) is 3.02. The predicted molar refractivity (Wildman–Crippen MR) is 39.6 cm³/mol. The first kappa shape index (κ1) is 10.4. The van der Waals surface area contributed by atoms with Crippen molar-refractivity contribution in [2.45, 2.75) is 6.92 Å². The minimum Gasteiger partial charge on any atom is -0.465 e. The highest BCUT2D eigenvalue weighted by Gasteiger charge is 2.07. The monoisotopic (exact) mass is 181 g/mol. The van der Waals surface area contributed by atoms with Gasteiger partial charge in [0.25, 0.3) is 0 Å². The second-order valence-electron chi connectivity index (χ2n) is 1.86. The molecule has 0 aliphatic heterocycles. The molecule has 0 rings (SSSR count). The van der Waals surface area contributed by atoms with Crippen LogP contribution in [0.5, 0.6) is 0 Å². The summed E-state index contributed by atoms with van der Waals surface area (Å²) in [5, 5.41) is 0.